The molecule has 0 atom stereocenters. The monoisotopic (exact) mass is 756 g/mol. The Morgan fingerprint density at radius 2 is 1.50 bits per heavy atom. The van der Waals surface area contributed by atoms with Gasteiger partial charge in [-0.3, -0.25) is 4.98 Å². The van der Waals surface area contributed by atoms with Crippen molar-refractivity contribution in [3.8, 4) is 11.5 Å². The van der Waals surface area contributed by atoms with Gasteiger partial charge in [0, 0.05) is 56.4 Å². The summed E-state index contributed by atoms with van der Waals surface area (Å²) in [6.45, 7) is -2.22. The van der Waals surface area contributed by atoms with Crippen LogP contribution in [-0.2, 0) is 16.4 Å². The fourth-order valence-corrected chi connectivity index (χ4v) is 7.05. The summed E-state index contributed by atoms with van der Waals surface area (Å²) in [5, 5.41) is 4.30. The Balaban J connectivity index is 0.00000605. The Labute approximate surface area is 299 Å². The standard InChI is InChI=1S/C34H38F6N6O4S.CH4/c1-46(17-15-25-6-4-5-16-41-25)31-27-7-2-3-8-28(27)44-32(45-31)42-19-23-9-11-24(12-10-23)20-43-51(47,48)30-18-26(49-21-33(35,36)37)13-14-29(30)50-22-34(38,39)40;/h2-8,13-14,16,18,23-24,43H,9-12,15,17,19-22H2,1H3,(H,42,44,45);1H4. The van der Waals surface area contributed by atoms with Gasteiger partial charge in [-0.05, 0) is 73.9 Å². The Bertz CT molecular complexity index is 1860. The lowest BCUT2D eigenvalue weighted by atomic mass is 9.82. The molecule has 0 spiro atoms. The molecule has 5 rings (SSSR count). The van der Waals surface area contributed by atoms with Crippen LogP contribution in [0.1, 0.15) is 38.8 Å². The highest BCUT2D eigenvalue weighted by Gasteiger charge is 2.32. The second-order valence-electron chi connectivity index (χ2n) is 12.4. The Morgan fingerprint density at radius 1 is 0.846 bits per heavy atom. The Hall–Kier alpha value is -4.38. The number of nitrogens with one attached hydrogen (secondary N) is 2. The highest BCUT2D eigenvalue weighted by molar-refractivity contribution is 7.89. The number of ether oxygens (including phenoxy) is 2. The molecule has 17 heteroatoms. The summed E-state index contributed by atoms with van der Waals surface area (Å²) in [4.78, 5) is 15.3. The molecule has 2 aromatic carbocycles. The van der Waals surface area contributed by atoms with Crippen molar-refractivity contribution in [2.75, 3.05) is 50.1 Å². The van der Waals surface area contributed by atoms with Crippen LogP contribution < -0.4 is 24.4 Å². The molecule has 0 unspecified atom stereocenters. The van der Waals surface area contributed by atoms with Crippen LogP contribution in [0.2, 0.25) is 0 Å². The van der Waals surface area contributed by atoms with Crippen LogP contribution in [0.4, 0.5) is 38.1 Å². The zero-order chi connectivity index (χ0) is 36.6. The minimum absolute atomic E-state index is 0. The second kappa shape index (κ2) is 17.4. The highest BCUT2D eigenvalue weighted by Crippen LogP contribution is 2.33. The van der Waals surface area contributed by atoms with Gasteiger partial charge in [0.25, 0.3) is 0 Å². The summed E-state index contributed by atoms with van der Waals surface area (Å²) in [5.41, 5.74) is 1.78. The van der Waals surface area contributed by atoms with Crippen molar-refractivity contribution in [1.82, 2.24) is 19.7 Å². The second-order valence-corrected chi connectivity index (χ2v) is 14.2. The van der Waals surface area contributed by atoms with E-state index in [2.05, 4.69) is 29.4 Å². The maximum atomic E-state index is 13.2. The number of aromatic nitrogens is 3. The average Bonchev–Trinajstić information content (AvgIpc) is 3.10. The summed E-state index contributed by atoms with van der Waals surface area (Å²) in [6.07, 6.45) is -4.10. The van der Waals surface area contributed by atoms with Crippen molar-refractivity contribution < 1.29 is 44.2 Å². The predicted octanol–water partition coefficient (Wildman–Crippen LogP) is 7.42. The third-order valence-electron chi connectivity index (χ3n) is 8.45. The van der Waals surface area contributed by atoms with E-state index in [0.717, 1.165) is 59.9 Å². The van der Waals surface area contributed by atoms with Crippen molar-refractivity contribution in [1.29, 1.82) is 0 Å². The van der Waals surface area contributed by atoms with Gasteiger partial charge in [0.05, 0.1) is 5.52 Å². The number of hydrogen-bond donors (Lipinski definition) is 2. The molecule has 2 N–H and O–H groups in total. The number of pyridine rings is 1. The van der Waals surface area contributed by atoms with Crippen molar-refractivity contribution in [3.05, 3.63) is 72.6 Å². The molecule has 1 fully saturated rings. The number of benzene rings is 2. The summed E-state index contributed by atoms with van der Waals surface area (Å²) >= 11 is 0. The zero-order valence-corrected chi connectivity index (χ0v) is 28.5. The van der Waals surface area contributed by atoms with Gasteiger partial charge in [-0.1, -0.05) is 25.6 Å². The largest absolute Gasteiger partial charge is 0.484 e. The van der Waals surface area contributed by atoms with Crippen LogP contribution in [-0.4, -0.2) is 75.6 Å². The number of nitrogens with zero attached hydrogens (tertiary/aromatic N) is 4. The van der Waals surface area contributed by atoms with Gasteiger partial charge >= 0.3 is 12.4 Å². The first-order valence-corrected chi connectivity index (χ1v) is 17.8. The van der Waals surface area contributed by atoms with E-state index >= 15 is 0 Å². The number of anilines is 2. The van der Waals surface area contributed by atoms with Crippen molar-refractivity contribution >= 4 is 32.7 Å². The third-order valence-corrected chi connectivity index (χ3v) is 9.89. The fraction of sp³-hybridized carbons (Fsp3) is 0.457. The molecule has 1 saturated carbocycles. The predicted molar refractivity (Wildman–Crippen MR) is 186 cm³/mol. The number of sulfonamides is 1. The summed E-state index contributed by atoms with van der Waals surface area (Å²) < 4.78 is 115. The lowest BCUT2D eigenvalue weighted by Crippen LogP contribution is -2.33. The minimum atomic E-state index is -4.77. The van der Waals surface area contributed by atoms with E-state index < -0.39 is 52.0 Å². The highest BCUT2D eigenvalue weighted by atomic mass is 32.2. The average molecular weight is 757 g/mol. The van der Waals surface area contributed by atoms with E-state index in [1.165, 1.54) is 0 Å². The summed E-state index contributed by atoms with van der Waals surface area (Å²) in [7, 11) is -2.51. The minimum Gasteiger partial charge on any atom is -0.484 e. The van der Waals surface area contributed by atoms with Gasteiger partial charge in [-0.2, -0.15) is 31.3 Å². The van der Waals surface area contributed by atoms with Crippen molar-refractivity contribution in [2.24, 2.45) is 11.8 Å². The number of likely N-dealkylation sites (N-methyl/N-ethyl adjacent to an activating group) is 1. The van der Waals surface area contributed by atoms with Crippen LogP contribution in [0.5, 0.6) is 11.5 Å². The molecular formula is C35H42F6N6O4S. The first kappa shape index (κ1) is 40.4. The maximum Gasteiger partial charge on any atom is 0.422 e. The number of hydrogen-bond acceptors (Lipinski definition) is 9. The van der Waals surface area contributed by atoms with Crippen LogP contribution in [0.25, 0.3) is 10.9 Å². The normalized spacial score (nSPS) is 16.6. The molecule has 1 aliphatic rings. The van der Waals surface area contributed by atoms with E-state index in [9.17, 15) is 34.8 Å². The molecule has 2 aromatic heterocycles. The lowest BCUT2D eigenvalue weighted by molar-refractivity contribution is -0.154. The first-order chi connectivity index (χ1) is 24.1. The van der Waals surface area contributed by atoms with E-state index in [-0.39, 0.29) is 25.8 Å². The molecule has 0 aliphatic heterocycles. The van der Waals surface area contributed by atoms with Crippen molar-refractivity contribution in [3.63, 3.8) is 0 Å². The van der Waals surface area contributed by atoms with Crippen molar-refractivity contribution in [2.45, 2.75) is 56.8 Å². The maximum absolute atomic E-state index is 13.2. The quantitative estimate of drug-likeness (QED) is 0.120. The molecular weight excluding hydrogens is 714 g/mol. The van der Waals surface area contributed by atoms with Gasteiger partial charge < -0.3 is 19.7 Å². The van der Waals surface area contributed by atoms with Gasteiger partial charge in [-0.25, -0.2) is 18.1 Å². The smallest absolute Gasteiger partial charge is 0.422 e. The van der Waals surface area contributed by atoms with Crippen LogP contribution in [0, 0.1) is 11.8 Å². The van der Waals surface area contributed by atoms with Gasteiger partial charge in [0.2, 0.25) is 16.0 Å². The molecule has 1 aliphatic carbocycles. The van der Waals surface area contributed by atoms with Gasteiger partial charge in [-0.15, -0.1) is 0 Å². The molecule has 0 saturated heterocycles. The molecule has 4 aromatic rings. The van der Waals surface area contributed by atoms with E-state index in [4.69, 9.17) is 9.97 Å². The number of fused-ring (bicyclic) bond motifs is 1. The van der Waals surface area contributed by atoms with Gasteiger partial charge in [0.1, 0.15) is 22.2 Å². The SMILES string of the molecule is C.CN(CCc1ccccn1)c1nc(NCC2CCC(CNS(=O)(=O)c3cc(OCC(F)(F)F)ccc3OCC(F)(F)F)CC2)nc2ccccc12. The summed E-state index contributed by atoms with van der Waals surface area (Å²) in [5.74, 6) is 0.318. The molecule has 2 heterocycles. The summed E-state index contributed by atoms with van der Waals surface area (Å²) in [6, 6.07) is 16.1. The van der Waals surface area contributed by atoms with Crippen LogP contribution in [0.3, 0.4) is 0 Å². The van der Waals surface area contributed by atoms with Gasteiger partial charge in [0.15, 0.2) is 13.2 Å². The topological polar surface area (TPSA) is 119 Å². The number of para-hydroxylation sites is 1. The third kappa shape index (κ3) is 11.8. The Morgan fingerprint density at radius 3 is 2.17 bits per heavy atom. The lowest BCUT2D eigenvalue weighted by Gasteiger charge is -2.29. The molecule has 284 valence electrons. The Kier molecular flexibility index (Phi) is 13.5. The molecule has 0 radical (unpaired) electrons. The molecule has 0 amide bonds. The van der Waals surface area contributed by atoms with E-state index in [0.29, 0.717) is 31.9 Å². The van der Waals surface area contributed by atoms with E-state index in [1.807, 2.05) is 49.5 Å². The molecule has 0 bridgehead atoms. The first-order valence-electron chi connectivity index (χ1n) is 16.3. The fourth-order valence-electron chi connectivity index (χ4n) is 5.78. The zero-order valence-electron chi connectivity index (χ0n) is 27.7. The van der Waals surface area contributed by atoms with E-state index in [1.54, 1.807) is 6.20 Å². The number of alkyl halides is 6. The molecule has 52 heavy (non-hydrogen) atoms. The van der Waals surface area contributed by atoms with Crippen LogP contribution >= 0.6 is 0 Å². The van der Waals surface area contributed by atoms with Crippen LogP contribution in [0.15, 0.2) is 71.8 Å². The molecule has 10 nitrogen and oxygen atoms in total. The number of rotatable bonds is 15. The number of halogens is 6.